The molecule has 7 heteroatoms. The molecule has 0 aliphatic rings. The molecule has 0 saturated carbocycles. The number of nitrogens with zero attached hydrogens (tertiary/aromatic N) is 1. The van der Waals surface area contributed by atoms with E-state index in [9.17, 15) is 19.2 Å². The summed E-state index contributed by atoms with van der Waals surface area (Å²) in [5.74, 6) is 1.00. The molecule has 0 aliphatic carbocycles. The van der Waals surface area contributed by atoms with Crippen molar-refractivity contribution in [2.75, 3.05) is 19.7 Å². The molecule has 0 spiro atoms. The second-order valence-corrected chi connectivity index (χ2v) is 8.42. The SMILES string of the molecule is CC.CC(=O)C(C)CCO.CC(C)CCNC(=O)CCN(C=O)C(=O)CC(C)C(C)C. The molecule has 0 heterocycles. The van der Waals surface area contributed by atoms with Gasteiger partial charge in [0, 0.05) is 38.5 Å². The lowest BCUT2D eigenvalue weighted by Crippen LogP contribution is -2.35. The summed E-state index contributed by atoms with van der Waals surface area (Å²) in [4.78, 5) is 46.1. The van der Waals surface area contributed by atoms with Gasteiger partial charge in [-0.1, -0.05) is 55.4 Å². The molecule has 0 rings (SSSR count). The average molecular weight is 445 g/mol. The molecule has 0 aromatic carbocycles. The Labute approximate surface area is 190 Å². The lowest BCUT2D eigenvalue weighted by atomic mass is 9.94. The number of hydrogen-bond donors (Lipinski definition) is 2. The summed E-state index contributed by atoms with van der Waals surface area (Å²) in [6, 6.07) is 0. The van der Waals surface area contributed by atoms with Crippen molar-refractivity contribution in [3.05, 3.63) is 0 Å². The van der Waals surface area contributed by atoms with Crippen molar-refractivity contribution < 1.29 is 24.3 Å². The van der Waals surface area contributed by atoms with E-state index in [-0.39, 0.29) is 49.0 Å². The second-order valence-electron chi connectivity index (χ2n) is 8.42. The highest BCUT2D eigenvalue weighted by molar-refractivity contribution is 5.87. The molecule has 31 heavy (non-hydrogen) atoms. The van der Waals surface area contributed by atoms with Gasteiger partial charge in [0.05, 0.1) is 0 Å². The van der Waals surface area contributed by atoms with Crippen LogP contribution >= 0.6 is 0 Å². The van der Waals surface area contributed by atoms with E-state index >= 15 is 0 Å². The summed E-state index contributed by atoms with van der Waals surface area (Å²) in [6.45, 7) is 18.5. The predicted octanol–water partition coefficient (Wildman–Crippen LogP) is 3.83. The third-order valence-electron chi connectivity index (χ3n) is 4.96. The lowest BCUT2D eigenvalue weighted by molar-refractivity contribution is -0.139. The van der Waals surface area contributed by atoms with Gasteiger partial charge in [0.25, 0.3) is 0 Å². The van der Waals surface area contributed by atoms with Gasteiger partial charge in [-0.15, -0.1) is 0 Å². The van der Waals surface area contributed by atoms with Gasteiger partial charge < -0.3 is 10.4 Å². The Hall–Kier alpha value is -1.76. The number of imide groups is 1. The van der Waals surface area contributed by atoms with Crippen LogP contribution < -0.4 is 5.32 Å². The van der Waals surface area contributed by atoms with Gasteiger partial charge in [-0.25, -0.2) is 0 Å². The fraction of sp³-hybridized carbons (Fsp3) is 0.833. The van der Waals surface area contributed by atoms with E-state index in [0.29, 0.717) is 37.6 Å². The predicted molar refractivity (Wildman–Crippen MR) is 126 cm³/mol. The number of rotatable bonds is 13. The van der Waals surface area contributed by atoms with E-state index < -0.39 is 0 Å². The molecule has 2 unspecified atom stereocenters. The van der Waals surface area contributed by atoms with Gasteiger partial charge in [-0.2, -0.15) is 0 Å². The number of hydrogen-bond acceptors (Lipinski definition) is 5. The lowest BCUT2D eigenvalue weighted by Gasteiger charge is -2.20. The van der Waals surface area contributed by atoms with Crippen molar-refractivity contribution in [1.29, 1.82) is 0 Å². The first-order valence-corrected chi connectivity index (χ1v) is 11.6. The number of ketones is 1. The van der Waals surface area contributed by atoms with E-state index in [1.54, 1.807) is 6.92 Å². The number of carbonyl (C=O) groups is 4. The average Bonchev–Trinajstić information content (AvgIpc) is 2.70. The van der Waals surface area contributed by atoms with Gasteiger partial charge in [0.15, 0.2) is 0 Å². The van der Waals surface area contributed by atoms with E-state index in [1.807, 2.05) is 41.5 Å². The van der Waals surface area contributed by atoms with Crippen LogP contribution in [0.25, 0.3) is 0 Å². The summed E-state index contributed by atoms with van der Waals surface area (Å²) < 4.78 is 0. The minimum atomic E-state index is -0.207. The van der Waals surface area contributed by atoms with Crippen molar-refractivity contribution in [3.63, 3.8) is 0 Å². The summed E-state index contributed by atoms with van der Waals surface area (Å²) in [6.07, 6.45) is 2.55. The maximum atomic E-state index is 12.0. The highest BCUT2D eigenvalue weighted by atomic mass is 16.3. The Balaban J connectivity index is -0.000000655. The number of nitrogens with one attached hydrogen (secondary N) is 1. The van der Waals surface area contributed by atoms with Crippen LogP contribution in [0.1, 0.15) is 88.0 Å². The maximum absolute atomic E-state index is 12.0. The zero-order valence-electron chi connectivity index (χ0n) is 21.4. The molecule has 7 nitrogen and oxygen atoms in total. The Morgan fingerprint density at radius 2 is 1.55 bits per heavy atom. The Kier molecular flexibility index (Phi) is 23.5. The quantitative estimate of drug-likeness (QED) is 0.420. The van der Waals surface area contributed by atoms with Crippen LogP contribution in [0.3, 0.4) is 0 Å². The highest BCUT2D eigenvalue weighted by Gasteiger charge is 2.18. The van der Waals surface area contributed by atoms with Crippen LogP contribution in [0, 0.1) is 23.7 Å². The third-order valence-corrected chi connectivity index (χ3v) is 4.96. The molecular formula is C24H48N2O5. The van der Waals surface area contributed by atoms with E-state index in [4.69, 9.17) is 5.11 Å². The van der Waals surface area contributed by atoms with Crippen LogP contribution in [0.5, 0.6) is 0 Å². The van der Waals surface area contributed by atoms with Crippen LogP contribution in [0.4, 0.5) is 0 Å². The highest BCUT2D eigenvalue weighted by Crippen LogP contribution is 2.15. The van der Waals surface area contributed by atoms with E-state index in [2.05, 4.69) is 19.2 Å². The first-order valence-electron chi connectivity index (χ1n) is 11.6. The van der Waals surface area contributed by atoms with Crippen LogP contribution in [0.15, 0.2) is 0 Å². The number of Topliss-reactive ketones (excluding diaryl/α,β-unsaturated/α-hetero) is 1. The molecule has 0 aromatic rings. The Morgan fingerprint density at radius 3 is 1.90 bits per heavy atom. The monoisotopic (exact) mass is 444 g/mol. The maximum Gasteiger partial charge on any atom is 0.229 e. The van der Waals surface area contributed by atoms with Gasteiger partial charge in [0.1, 0.15) is 5.78 Å². The minimum Gasteiger partial charge on any atom is -0.396 e. The normalized spacial score (nSPS) is 12.0. The Morgan fingerprint density at radius 1 is 1.00 bits per heavy atom. The smallest absolute Gasteiger partial charge is 0.229 e. The third kappa shape index (κ3) is 21.3. The molecule has 0 bridgehead atoms. The molecule has 0 aliphatic heterocycles. The molecule has 0 aromatic heterocycles. The first-order chi connectivity index (χ1) is 14.5. The number of carbonyl (C=O) groups excluding carboxylic acids is 4. The van der Waals surface area contributed by atoms with Gasteiger partial charge in [0.2, 0.25) is 18.2 Å². The van der Waals surface area contributed by atoms with E-state index in [0.717, 1.165) is 11.3 Å². The van der Waals surface area contributed by atoms with Gasteiger partial charge in [-0.3, -0.25) is 24.1 Å². The minimum absolute atomic E-state index is 0.0278. The summed E-state index contributed by atoms with van der Waals surface area (Å²) >= 11 is 0. The van der Waals surface area contributed by atoms with Crippen molar-refractivity contribution in [3.8, 4) is 0 Å². The number of aliphatic hydroxyl groups excluding tert-OH is 1. The first kappa shape index (κ1) is 33.9. The van der Waals surface area contributed by atoms with Crippen molar-refractivity contribution >= 4 is 24.0 Å². The van der Waals surface area contributed by atoms with Gasteiger partial charge >= 0.3 is 0 Å². The van der Waals surface area contributed by atoms with Gasteiger partial charge in [-0.05, 0) is 37.5 Å². The van der Waals surface area contributed by atoms with E-state index in [1.165, 1.54) is 0 Å². The largest absolute Gasteiger partial charge is 0.396 e. The fourth-order valence-corrected chi connectivity index (χ4v) is 2.07. The fourth-order valence-electron chi connectivity index (χ4n) is 2.07. The summed E-state index contributed by atoms with van der Waals surface area (Å²) in [5.41, 5.74) is 0. The number of aliphatic hydroxyl groups is 1. The van der Waals surface area contributed by atoms with Crippen LogP contribution in [0.2, 0.25) is 0 Å². The Bertz CT molecular complexity index is 492. The van der Waals surface area contributed by atoms with Crippen molar-refractivity contribution in [2.45, 2.75) is 88.0 Å². The zero-order valence-corrected chi connectivity index (χ0v) is 21.4. The molecule has 0 fully saturated rings. The van der Waals surface area contributed by atoms with Crippen LogP contribution in [-0.2, 0) is 19.2 Å². The molecule has 0 saturated heterocycles. The molecular weight excluding hydrogens is 396 g/mol. The second kappa shape index (κ2) is 21.5. The topological polar surface area (TPSA) is 104 Å². The molecule has 3 amide bonds. The zero-order chi connectivity index (χ0) is 25.0. The molecule has 2 N–H and O–H groups in total. The number of amides is 3. The van der Waals surface area contributed by atoms with Crippen molar-refractivity contribution in [1.82, 2.24) is 10.2 Å². The standard InChI is InChI=1S/C16H30N2O3.C6H12O2.C2H6/c1-12(2)6-8-17-15(20)7-9-18(11-19)16(21)10-14(5)13(3)4;1-5(3-4-7)6(2)8;1-2/h11-14H,6-10H2,1-5H3,(H,17,20);5,7H,3-4H2,1-2H3;1-2H3. The molecule has 0 radical (unpaired) electrons. The molecule has 184 valence electrons. The molecule has 2 atom stereocenters. The summed E-state index contributed by atoms with van der Waals surface area (Å²) in [7, 11) is 0. The summed E-state index contributed by atoms with van der Waals surface area (Å²) in [5, 5.41) is 11.1. The van der Waals surface area contributed by atoms with Crippen LogP contribution in [-0.4, -0.2) is 53.7 Å². The van der Waals surface area contributed by atoms with Crippen molar-refractivity contribution in [2.24, 2.45) is 23.7 Å².